The average molecular weight is 403 g/mol. The van der Waals surface area contributed by atoms with Gasteiger partial charge in [0.1, 0.15) is 11.6 Å². The van der Waals surface area contributed by atoms with Gasteiger partial charge in [0.05, 0.1) is 11.3 Å². The Bertz CT molecular complexity index is 1250. The molecule has 0 aliphatic heterocycles. The molecule has 0 aliphatic rings. The Morgan fingerprint density at radius 2 is 1.97 bits per heavy atom. The molecule has 4 rings (SSSR count). The summed E-state index contributed by atoms with van der Waals surface area (Å²) in [5.41, 5.74) is 10.2. The van der Waals surface area contributed by atoms with E-state index >= 15 is 0 Å². The number of hydrogen-bond acceptors (Lipinski definition) is 6. The molecule has 30 heavy (non-hydrogen) atoms. The largest absolute Gasteiger partial charge is 0.383 e. The van der Waals surface area contributed by atoms with Crippen LogP contribution in [0.2, 0.25) is 0 Å². The SMILES string of the molecule is CC(=O)Nc1cccc(-c2cnc(N)c(-c3nnnn3-c3cc(F)ccc3C)c2)c1. The third-order valence-electron chi connectivity index (χ3n) is 4.54. The maximum atomic E-state index is 13.8. The molecule has 0 spiro atoms. The van der Waals surface area contributed by atoms with Crippen LogP contribution in [0.15, 0.2) is 54.7 Å². The molecule has 1 amide bonds. The van der Waals surface area contributed by atoms with Gasteiger partial charge in [-0.2, -0.15) is 4.68 Å². The van der Waals surface area contributed by atoms with Crippen molar-refractivity contribution >= 4 is 17.4 Å². The second kappa shape index (κ2) is 7.70. The number of nitrogens with zero attached hydrogens (tertiary/aromatic N) is 5. The maximum Gasteiger partial charge on any atom is 0.221 e. The number of pyridine rings is 1. The Morgan fingerprint density at radius 3 is 2.77 bits per heavy atom. The lowest BCUT2D eigenvalue weighted by Gasteiger charge is -2.11. The number of carbonyl (C=O) groups excluding carboxylic acids is 1. The van der Waals surface area contributed by atoms with Gasteiger partial charge in [0, 0.05) is 24.4 Å². The van der Waals surface area contributed by atoms with Gasteiger partial charge in [0.15, 0.2) is 5.82 Å². The van der Waals surface area contributed by atoms with Crippen molar-refractivity contribution in [2.75, 3.05) is 11.1 Å². The number of nitrogens with two attached hydrogens (primary N) is 1. The number of aromatic nitrogens is 5. The van der Waals surface area contributed by atoms with Crippen molar-refractivity contribution in [3.8, 4) is 28.2 Å². The number of anilines is 2. The maximum absolute atomic E-state index is 13.8. The lowest BCUT2D eigenvalue weighted by molar-refractivity contribution is -0.114. The zero-order valence-corrected chi connectivity index (χ0v) is 16.3. The van der Waals surface area contributed by atoms with E-state index in [4.69, 9.17) is 5.73 Å². The molecule has 0 atom stereocenters. The fourth-order valence-corrected chi connectivity index (χ4v) is 3.12. The van der Waals surface area contributed by atoms with Gasteiger partial charge in [-0.25, -0.2) is 9.37 Å². The number of rotatable bonds is 4. The highest BCUT2D eigenvalue weighted by Gasteiger charge is 2.17. The standard InChI is InChI=1S/C21H18FN7O/c1-12-6-7-16(22)10-19(12)29-21(26-27-28-29)18-9-15(11-24-20(18)23)14-4-3-5-17(8-14)25-13(2)30/h3-11H,1-2H3,(H2,23,24)(H,25,30). The number of tetrazole rings is 1. The zero-order valence-electron chi connectivity index (χ0n) is 16.3. The van der Waals surface area contributed by atoms with Crippen LogP contribution in [-0.4, -0.2) is 31.1 Å². The van der Waals surface area contributed by atoms with Crippen molar-refractivity contribution in [1.29, 1.82) is 0 Å². The van der Waals surface area contributed by atoms with E-state index in [1.54, 1.807) is 18.3 Å². The van der Waals surface area contributed by atoms with Gasteiger partial charge in [-0.05, 0) is 58.8 Å². The molecular formula is C21H18FN7O. The molecule has 0 unspecified atom stereocenters. The lowest BCUT2D eigenvalue weighted by Crippen LogP contribution is -2.06. The topological polar surface area (TPSA) is 112 Å². The van der Waals surface area contributed by atoms with Gasteiger partial charge in [-0.15, -0.1) is 5.10 Å². The second-order valence-electron chi connectivity index (χ2n) is 6.76. The Morgan fingerprint density at radius 1 is 1.13 bits per heavy atom. The Hall–Kier alpha value is -4.14. The summed E-state index contributed by atoms with van der Waals surface area (Å²) >= 11 is 0. The minimum absolute atomic E-state index is 0.159. The molecular weight excluding hydrogens is 385 g/mol. The molecule has 0 saturated carbocycles. The number of hydrogen-bond donors (Lipinski definition) is 2. The smallest absolute Gasteiger partial charge is 0.221 e. The summed E-state index contributed by atoms with van der Waals surface area (Å²) in [4.78, 5) is 15.6. The first-order chi connectivity index (χ1) is 14.4. The second-order valence-corrected chi connectivity index (χ2v) is 6.76. The molecule has 2 heterocycles. The molecule has 3 N–H and O–H groups in total. The number of nitrogen functional groups attached to an aromatic ring is 1. The molecule has 4 aromatic rings. The van der Waals surface area contributed by atoms with Gasteiger partial charge in [0.25, 0.3) is 0 Å². The minimum Gasteiger partial charge on any atom is -0.383 e. The van der Waals surface area contributed by atoms with Gasteiger partial charge in [-0.1, -0.05) is 18.2 Å². The van der Waals surface area contributed by atoms with Crippen LogP contribution >= 0.6 is 0 Å². The summed E-state index contributed by atoms with van der Waals surface area (Å²) < 4.78 is 15.3. The first-order valence-electron chi connectivity index (χ1n) is 9.11. The van der Waals surface area contributed by atoms with E-state index < -0.39 is 5.82 Å². The Labute approximate surface area is 171 Å². The van der Waals surface area contributed by atoms with Gasteiger partial charge >= 0.3 is 0 Å². The van der Waals surface area contributed by atoms with Crippen molar-refractivity contribution < 1.29 is 9.18 Å². The summed E-state index contributed by atoms with van der Waals surface area (Å²) in [5.74, 6) is 0.0232. The lowest BCUT2D eigenvalue weighted by atomic mass is 10.0. The van der Waals surface area contributed by atoms with E-state index in [2.05, 4.69) is 25.8 Å². The van der Waals surface area contributed by atoms with Crippen LogP contribution in [0, 0.1) is 12.7 Å². The van der Waals surface area contributed by atoms with E-state index in [0.29, 0.717) is 22.8 Å². The van der Waals surface area contributed by atoms with Crippen LogP contribution in [-0.2, 0) is 4.79 Å². The van der Waals surface area contributed by atoms with Crippen LogP contribution in [0.4, 0.5) is 15.9 Å². The van der Waals surface area contributed by atoms with Crippen LogP contribution in [0.5, 0.6) is 0 Å². The molecule has 0 fully saturated rings. The van der Waals surface area contributed by atoms with Crippen LogP contribution in [0.3, 0.4) is 0 Å². The predicted octanol–water partition coefficient (Wildman–Crippen LogP) is 3.38. The summed E-state index contributed by atoms with van der Waals surface area (Å²) in [7, 11) is 0. The molecule has 0 bridgehead atoms. The number of amides is 1. The van der Waals surface area contributed by atoms with Gasteiger partial charge < -0.3 is 11.1 Å². The fraction of sp³-hybridized carbons (Fsp3) is 0.0952. The highest BCUT2D eigenvalue weighted by Crippen LogP contribution is 2.30. The fourth-order valence-electron chi connectivity index (χ4n) is 3.12. The summed E-state index contributed by atoms with van der Waals surface area (Å²) in [6, 6.07) is 13.6. The molecule has 0 radical (unpaired) electrons. The van der Waals surface area contributed by atoms with Crippen LogP contribution < -0.4 is 11.1 Å². The van der Waals surface area contributed by atoms with E-state index in [0.717, 1.165) is 16.7 Å². The quantitative estimate of drug-likeness (QED) is 0.540. The molecule has 150 valence electrons. The van der Waals surface area contributed by atoms with Gasteiger partial charge in [-0.3, -0.25) is 4.79 Å². The number of benzene rings is 2. The summed E-state index contributed by atoms with van der Waals surface area (Å²) in [6.45, 7) is 3.29. The molecule has 8 nitrogen and oxygen atoms in total. The Kier molecular flexibility index (Phi) is 4.93. The van der Waals surface area contributed by atoms with Crippen LogP contribution in [0.1, 0.15) is 12.5 Å². The van der Waals surface area contributed by atoms with Gasteiger partial charge in [0.2, 0.25) is 5.91 Å². The van der Waals surface area contributed by atoms with Crippen molar-refractivity contribution in [1.82, 2.24) is 25.2 Å². The highest BCUT2D eigenvalue weighted by molar-refractivity contribution is 5.89. The van der Waals surface area contributed by atoms with Crippen LogP contribution in [0.25, 0.3) is 28.2 Å². The first kappa shape index (κ1) is 19.2. The average Bonchev–Trinajstić information content (AvgIpc) is 3.19. The summed E-state index contributed by atoms with van der Waals surface area (Å²) in [6.07, 6.45) is 1.63. The molecule has 2 aromatic carbocycles. The number of nitrogens with one attached hydrogen (secondary N) is 1. The highest BCUT2D eigenvalue weighted by atomic mass is 19.1. The van der Waals surface area contributed by atoms with Crippen molar-refractivity contribution in [2.45, 2.75) is 13.8 Å². The van der Waals surface area contributed by atoms with Crippen molar-refractivity contribution in [2.24, 2.45) is 0 Å². The molecule has 0 saturated heterocycles. The Balaban J connectivity index is 1.81. The third kappa shape index (κ3) is 3.72. The third-order valence-corrected chi connectivity index (χ3v) is 4.54. The molecule has 2 aromatic heterocycles. The monoisotopic (exact) mass is 403 g/mol. The summed E-state index contributed by atoms with van der Waals surface area (Å²) in [5, 5.41) is 14.6. The predicted molar refractivity (Wildman–Crippen MR) is 111 cm³/mol. The van der Waals surface area contributed by atoms with Crippen molar-refractivity contribution in [3.05, 3.63) is 66.1 Å². The van der Waals surface area contributed by atoms with Crippen molar-refractivity contribution in [3.63, 3.8) is 0 Å². The van der Waals surface area contributed by atoms with E-state index in [1.165, 1.54) is 23.7 Å². The van der Waals surface area contributed by atoms with E-state index in [-0.39, 0.29) is 11.7 Å². The first-order valence-corrected chi connectivity index (χ1v) is 9.11. The number of halogens is 1. The number of carbonyl (C=O) groups is 1. The minimum atomic E-state index is -0.397. The normalized spacial score (nSPS) is 10.8. The molecule has 0 aliphatic carbocycles. The van der Waals surface area contributed by atoms with E-state index in [9.17, 15) is 9.18 Å². The number of aryl methyl sites for hydroxylation is 1. The zero-order chi connectivity index (χ0) is 21.3. The molecule has 9 heteroatoms. The van der Waals surface area contributed by atoms with E-state index in [1.807, 2.05) is 31.2 Å².